The Kier molecular flexibility index (Phi) is 2.42. The van der Waals surface area contributed by atoms with E-state index in [2.05, 4.69) is 10.3 Å². The largest absolute Gasteiger partial charge is 0.403 e. The first kappa shape index (κ1) is 10.1. The first-order chi connectivity index (χ1) is 7.09. The van der Waals surface area contributed by atoms with Gasteiger partial charge in [0.2, 0.25) is 0 Å². The van der Waals surface area contributed by atoms with E-state index in [1.807, 2.05) is 0 Å². The smallest absolute Gasteiger partial charge is 0.331 e. The molecule has 0 saturated carbocycles. The van der Waals surface area contributed by atoms with Crippen LogP contribution in [0.5, 0.6) is 0 Å². The van der Waals surface area contributed by atoms with Crippen molar-refractivity contribution >= 4 is 23.2 Å². The summed E-state index contributed by atoms with van der Waals surface area (Å²) in [6, 6.07) is 4.62. The Morgan fingerprint density at radius 1 is 1.33 bits per heavy atom. The van der Waals surface area contributed by atoms with Crippen LogP contribution in [0.25, 0.3) is 11.3 Å². The van der Waals surface area contributed by atoms with Crippen molar-refractivity contribution in [2.75, 3.05) is 0 Å². The Morgan fingerprint density at radius 2 is 2.07 bits per heavy atom. The summed E-state index contributed by atoms with van der Waals surface area (Å²) in [5.74, 6) is 0. The van der Waals surface area contributed by atoms with Gasteiger partial charge in [-0.1, -0.05) is 28.4 Å². The van der Waals surface area contributed by atoms with E-state index >= 15 is 0 Å². The molecular formula is C8H6Cl2N3O2+. The molecule has 0 fully saturated rings. The second-order valence-electron chi connectivity index (χ2n) is 2.85. The van der Waals surface area contributed by atoms with Crippen LogP contribution >= 0.6 is 23.2 Å². The summed E-state index contributed by atoms with van der Waals surface area (Å²) < 4.78 is 0. The lowest BCUT2D eigenvalue weighted by Gasteiger charge is -1.98. The van der Waals surface area contributed by atoms with E-state index in [1.165, 1.54) is 6.07 Å². The number of halogens is 2. The van der Waals surface area contributed by atoms with Crippen LogP contribution in [0.4, 0.5) is 0 Å². The van der Waals surface area contributed by atoms with Crippen molar-refractivity contribution in [3.05, 3.63) is 38.6 Å². The first-order valence-corrected chi connectivity index (χ1v) is 4.72. The van der Waals surface area contributed by atoms with Gasteiger partial charge < -0.3 is 5.21 Å². The van der Waals surface area contributed by atoms with E-state index in [0.717, 1.165) is 0 Å². The third-order valence-electron chi connectivity index (χ3n) is 1.89. The van der Waals surface area contributed by atoms with Gasteiger partial charge in [-0.2, -0.15) is 0 Å². The van der Waals surface area contributed by atoms with Gasteiger partial charge in [0.15, 0.2) is 0 Å². The first-order valence-electron chi connectivity index (χ1n) is 3.97. The lowest BCUT2D eigenvalue weighted by atomic mass is 10.2. The van der Waals surface area contributed by atoms with Gasteiger partial charge in [0.1, 0.15) is 0 Å². The second-order valence-corrected chi connectivity index (χ2v) is 3.69. The number of nitrogens with zero attached hydrogens (tertiary/aromatic N) is 1. The van der Waals surface area contributed by atoms with Gasteiger partial charge in [-0.15, -0.1) is 5.10 Å². The van der Waals surface area contributed by atoms with Crippen LogP contribution in [0.1, 0.15) is 0 Å². The van der Waals surface area contributed by atoms with Crippen molar-refractivity contribution in [1.82, 2.24) is 10.3 Å². The Balaban J connectivity index is 2.69. The van der Waals surface area contributed by atoms with Crippen molar-refractivity contribution < 1.29 is 10.1 Å². The number of aromatic amines is 2. The zero-order chi connectivity index (χ0) is 11.0. The third kappa shape index (κ3) is 1.71. The molecule has 0 aliphatic rings. The molecule has 0 saturated heterocycles. The van der Waals surface area contributed by atoms with Crippen molar-refractivity contribution in [3.63, 3.8) is 0 Å². The molecule has 1 aromatic heterocycles. The molecule has 0 spiro atoms. The molecule has 0 bridgehead atoms. The summed E-state index contributed by atoms with van der Waals surface area (Å²) in [4.78, 5) is 11.9. The van der Waals surface area contributed by atoms with E-state index in [-0.39, 0.29) is 10.7 Å². The molecular weight excluding hydrogens is 241 g/mol. The number of benzene rings is 1. The fraction of sp³-hybridized carbons (Fsp3) is 0. The average Bonchev–Trinajstić information content (AvgIpc) is 2.48. The van der Waals surface area contributed by atoms with Crippen LogP contribution in [0, 0.1) is 0 Å². The van der Waals surface area contributed by atoms with Crippen molar-refractivity contribution in [3.8, 4) is 11.3 Å². The van der Waals surface area contributed by atoms with Gasteiger partial charge in [-0.3, -0.25) is 0 Å². The Bertz CT molecular complexity index is 561. The van der Waals surface area contributed by atoms with Gasteiger partial charge in [-0.25, -0.2) is 4.79 Å². The Morgan fingerprint density at radius 3 is 2.60 bits per heavy atom. The Hall–Kier alpha value is -1.46. The topological polar surface area (TPSA) is 72.8 Å². The number of H-pyrrole nitrogens is 2. The van der Waals surface area contributed by atoms with E-state index in [0.29, 0.717) is 15.4 Å². The molecule has 0 atom stereocenters. The van der Waals surface area contributed by atoms with Gasteiger partial charge in [0, 0.05) is 9.87 Å². The summed E-state index contributed by atoms with van der Waals surface area (Å²) in [5.41, 5.74) is -0.0514. The van der Waals surface area contributed by atoms with E-state index < -0.39 is 5.56 Å². The monoisotopic (exact) mass is 246 g/mol. The van der Waals surface area contributed by atoms with E-state index in [1.54, 1.807) is 12.1 Å². The standard InChI is InChI=1S/C8H5Cl2N3O2/c9-4-1-2-5(6(10)3-4)7-8(14)11-12-13(7)15/h1-3,14-15H/p+1. The van der Waals surface area contributed by atoms with Crippen LogP contribution in [0.15, 0.2) is 23.0 Å². The van der Waals surface area contributed by atoms with Crippen LogP contribution in [0.3, 0.4) is 0 Å². The quantitative estimate of drug-likeness (QED) is 0.523. The fourth-order valence-corrected chi connectivity index (χ4v) is 1.73. The summed E-state index contributed by atoms with van der Waals surface area (Å²) in [6.45, 7) is 0. The second kappa shape index (κ2) is 3.60. The van der Waals surface area contributed by atoms with E-state index in [4.69, 9.17) is 23.2 Å². The molecule has 2 aromatic rings. The van der Waals surface area contributed by atoms with Crippen molar-refractivity contribution in [2.24, 2.45) is 0 Å². The lowest BCUT2D eigenvalue weighted by molar-refractivity contribution is -0.940. The maximum Gasteiger partial charge on any atom is 0.403 e. The minimum atomic E-state index is -0.471. The molecule has 0 unspecified atom stereocenters. The predicted octanol–water partition coefficient (Wildman–Crippen LogP) is 1.20. The average molecular weight is 247 g/mol. The van der Waals surface area contributed by atoms with Crippen LogP contribution in [-0.2, 0) is 0 Å². The minimum Gasteiger partial charge on any atom is -0.331 e. The van der Waals surface area contributed by atoms with Crippen LogP contribution in [0.2, 0.25) is 10.0 Å². The molecule has 15 heavy (non-hydrogen) atoms. The molecule has 0 radical (unpaired) electrons. The summed E-state index contributed by atoms with van der Waals surface area (Å²) in [6.07, 6.45) is 0. The summed E-state index contributed by atoms with van der Waals surface area (Å²) in [7, 11) is 0. The zero-order valence-electron chi connectivity index (χ0n) is 7.29. The van der Waals surface area contributed by atoms with Crippen LogP contribution in [-0.4, -0.2) is 15.5 Å². The van der Waals surface area contributed by atoms with Gasteiger partial charge in [-0.05, 0) is 18.2 Å². The van der Waals surface area contributed by atoms with Crippen molar-refractivity contribution in [2.45, 2.75) is 0 Å². The van der Waals surface area contributed by atoms with Crippen molar-refractivity contribution in [1.29, 1.82) is 0 Å². The maximum atomic E-state index is 11.3. The molecule has 0 aliphatic heterocycles. The zero-order valence-corrected chi connectivity index (χ0v) is 8.80. The highest BCUT2D eigenvalue weighted by atomic mass is 35.5. The SMILES string of the molecule is O=c1[nH][nH][n+](O)c1-c1ccc(Cl)cc1Cl. The number of aromatic nitrogens is 3. The van der Waals surface area contributed by atoms with Crippen LogP contribution < -0.4 is 10.4 Å². The molecule has 78 valence electrons. The number of nitrogens with one attached hydrogen (secondary N) is 2. The number of hydrogen-bond acceptors (Lipinski definition) is 2. The molecule has 1 aromatic carbocycles. The summed E-state index contributed by atoms with van der Waals surface area (Å²) >= 11 is 11.6. The predicted molar refractivity (Wildman–Crippen MR) is 54.2 cm³/mol. The Labute approximate surface area is 93.8 Å². The number of rotatable bonds is 1. The van der Waals surface area contributed by atoms with Gasteiger partial charge in [0.05, 0.1) is 10.6 Å². The maximum absolute atomic E-state index is 11.3. The highest BCUT2D eigenvalue weighted by molar-refractivity contribution is 6.36. The lowest BCUT2D eigenvalue weighted by Crippen LogP contribution is -2.35. The highest BCUT2D eigenvalue weighted by Gasteiger charge is 2.20. The molecule has 3 N–H and O–H groups in total. The minimum absolute atomic E-state index is 0.0247. The molecule has 0 amide bonds. The van der Waals surface area contributed by atoms with E-state index in [9.17, 15) is 10.0 Å². The molecule has 2 rings (SSSR count). The normalized spacial score (nSPS) is 10.5. The molecule has 1 heterocycles. The molecule has 0 aliphatic carbocycles. The van der Waals surface area contributed by atoms with Gasteiger partial charge in [0.25, 0.3) is 5.69 Å². The third-order valence-corrected chi connectivity index (χ3v) is 2.44. The van der Waals surface area contributed by atoms with Gasteiger partial charge >= 0.3 is 5.56 Å². The fourth-order valence-electron chi connectivity index (χ4n) is 1.23. The molecule has 7 heteroatoms. The number of hydrogen-bond donors (Lipinski definition) is 3. The molecule has 5 nitrogen and oxygen atoms in total. The highest BCUT2D eigenvalue weighted by Crippen LogP contribution is 2.26. The summed E-state index contributed by atoms with van der Waals surface area (Å²) in [5, 5.41) is 14.5.